The highest BCUT2D eigenvalue weighted by molar-refractivity contribution is 5.82. The van der Waals surface area contributed by atoms with Gasteiger partial charge in [0.05, 0.1) is 7.11 Å². The van der Waals surface area contributed by atoms with E-state index < -0.39 is 6.04 Å². The van der Waals surface area contributed by atoms with Crippen LogP contribution in [0.1, 0.15) is 11.6 Å². The first kappa shape index (κ1) is 11.5. The van der Waals surface area contributed by atoms with Gasteiger partial charge >= 0.3 is 0 Å². The lowest BCUT2D eigenvalue weighted by molar-refractivity contribution is -0.123. The van der Waals surface area contributed by atoms with Gasteiger partial charge < -0.3 is 10.5 Å². The van der Waals surface area contributed by atoms with Crippen molar-refractivity contribution in [3.8, 4) is 5.75 Å². The number of methoxy groups -OCH3 is 1. The second-order valence-corrected chi connectivity index (χ2v) is 2.99. The van der Waals surface area contributed by atoms with Crippen LogP contribution in [-0.2, 0) is 4.79 Å². The first-order chi connectivity index (χ1) is 7.19. The lowest BCUT2D eigenvalue weighted by atomic mass is 10.1. The third-order valence-corrected chi connectivity index (χ3v) is 2.01. The molecular weight excluding hydrogens is 194 g/mol. The molecule has 1 atom stereocenters. The quantitative estimate of drug-likeness (QED) is 0.607. The second-order valence-electron chi connectivity index (χ2n) is 2.99. The van der Waals surface area contributed by atoms with Gasteiger partial charge in [0.2, 0.25) is 0 Å². The molecule has 0 saturated heterocycles. The molecule has 1 rings (SSSR count). The standard InChI is InChI=1S/C10H15N3O2/c1-12-13-10(14)9(11)7-3-5-8(15-2)6-4-7/h3-6,9,12H,11H2,1-2H3,(H,13,14). The number of hydrogen-bond donors (Lipinski definition) is 3. The smallest absolute Gasteiger partial charge is 0.255 e. The van der Waals surface area contributed by atoms with E-state index in [4.69, 9.17) is 10.5 Å². The number of nitrogens with two attached hydrogens (primary N) is 1. The molecule has 0 bridgehead atoms. The number of benzene rings is 1. The summed E-state index contributed by atoms with van der Waals surface area (Å²) in [4.78, 5) is 11.4. The second kappa shape index (κ2) is 5.33. The average molecular weight is 209 g/mol. The zero-order valence-corrected chi connectivity index (χ0v) is 8.78. The van der Waals surface area contributed by atoms with Gasteiger partial charge in [-0.15, -0.1) is 0 Å². The van der Waals surface area contributed by atoms with Gasteiger partial charge in [-0.25, -0.2) is 5.43 Å². The van der Waals surface area contributed by atoms with Crippen LogP contribution in [-0.4, -0.2) is 20.1 Å². The number of hydrogen-bond acceptors (Lipinski definition) is 4. The van der Waals surface area contributed by atoms with Gasteiger partial charge in [0.1, 0.15) is 11.8 Å². The van der Waals surface area contributed by atoms with Gasteiger partial charge in [0, 0.05) is 7.05 Å². The van der Waals surface area contributed by atoms with E-state index >= 15 is 0 Å². The van der Waals surface area contributed by atoms with E-state index in [2.05, 4.69) is 10.9 Å². The van der Waals surface area contributed by atoms with Crippen molar-refractivity contribution in [1.29, 1.82) is 0 Å². The molecule has 15 heavy (non-hydrogen) atoms. The largest absolute Gasteiger partial charge is 0.497 e. The van der Waals surface area contributed by atoms with E-state index in [1.807, 2.05) is 0 Å². The van der Waals surface area contributed by atoms with E-state index in [0.717, 1.165) is 11.3 Å². The lowest BCUT2D eigenvalue weighted by Gasteiger charge is -2.12. The van der Waals surface area contributed by atoms with Crippen LogP contribution in [0.5, 0.6) is 5.75 Å². The third kappa shape index (κ3) is 2.93. The molecule has 1 aromatic carbocycles. The van der Waals surface area contributed by atoms with Crippen LogP contribution < -0.4 is 21.3 Å². The molecular formula is C10H15N3O2. The van der Waals surface area contributed by atoms with E-state index in [9.17, 15) is 4.79 Å². The lowest BCUT2D eigenvalue weighted by Crippen LogP contribution is -2.40. The van der Waals surface area contributed by atoms with Gasteiger partial charge in [-0.1, -0.05) is 12.1 Å². The number of amides is 1. The zero-order valence-electron chi connectivity index (χ0n) is 8.78. The summed E-state index contributed by atoms with van der Waals surface area (Å²) in [6, 6.07) is 6.38. The minimum absolute atomic E-state index is 0.275. The van der Waals surface area contributed by atoms with Crippen molar-refractivity contribution in [2.24, 2.45) is 5.73 Å². The van der Waals surface area contributed by atoms with Crippen LogP contribution in [0.25, 0.3) is 0 Å². The van der Waals surface area contributed by atoms with E-state index in [1.54, 1.807) is 38.4 Å². The Morgan fingerprint density at radius 1 is 1.40 bits per heavy atom. The fourth-order valence-electron chi connectivity index (χ4n) is 1.16. The van der Waals surface area contributed by atoms with Crippen LogP contribution >= 0.6 is 0 Å². The van der Waals surface area contributed by atoms with Gasteiger partial charge in [-0.3, -0.25) is 10.2 Å². The highest BCUT2D eigenvalue weighted by Crippen LogP contribution is 2.15. The normalized spacial score (nSPS) is 11.9. The van der Waals surface area contributed by atoms with Crippen LogP contribution in [0.4, 0.5) is 0 Å². The number of carbonyl (C=O) groups excluding carboxylic acids is 1. The summed E-state index contributed by atoms with van der Waals surface area (Å²) in [6.07, 6.45) is 0. The molecule has 0 heterocycles. The Bertz CT molecular complexity index is 324. The van der Waals surface area contributed by atoms with E-state index in [1.165, 1.54) is 0 Å². The third-order valence-electron chi connectivity index (χ3n) is 2.01. The van der Waals surface area contributed by atoms with Crippen molar-refractivity contribution < 1.29 is 9.53 Å². The molecule has 0 aliphatic heterocycles. The molecule has 1 amide bonds. The molecule has 82 valence electrons. The van der Waals surface area contributed by atoms with Crippen LogP contribution in [0.15, 0.2) is 24.3 Å². The first-order valence-electron chi connectivity index (χ1n) is 4.55. The summed E-state index contributed by atoms with van der Waals surface area (Å²) >= 11 is 0. The molecule has 0 saturated carbocycles. The monoisotopic (exact) mass is 209 g/mol. The van der Waals surface area contributed by atoms with E-state index in [0.29, 0.717) is 0 Å². The molecule has 4 N–H and O–H groups in total. The van der Waals surface area contributed by atoms with Gasteiger partial charge in [0.15, 0.2) is 0 Å². The summed E-state index contributed by atoms with van der Waals surface area (Å²) in [7, 11) is 3.20. The molecule has 1 unspecified atom stereocenters. The highest BCUT2D eigenvalue weighted by atomic mass is 16.5. The Labute approximate surface area is 88.6 Å². The summed E-state index contributed by atoms with van der Waals surface area (Å²) in [5, 5.41) is 0. The van der Waals surface area contributed by atoms with Crippen molar-refractivity contribution in [3.05, 3.63) is 29.8 Å². The Hall–Kier alpha value is -1.59. The maximum atomic E-state index is 11.4. The molecule has 0 aliphatic carbocycles. The Balaban J connectivity index is 2.73. The number of rotatable bonds is 4. The molecule has 0 fully saturated rings. The SMILES string of the molecule is CNNC(=O)C(N)c1ccc(OC)cc1. The van der Waals surface area contributed by atoms with Gasteiger partial charge in [-0.2, -0.15) is 0 Å². The Kier molecular flexibility index (Phi) is 4.08. The van der Waals surface area contributed by atoms with Crippen molar-refractivity contribution in [3.63, 3.8) is 0 Å². The molecule has 0 aromatic heterocycles. The fraction of sp³-hybridized carbons (Fsp3) is 0.300. The maximum absolute atomic E-state index is 11.4. The summed E-state index contributed by atoms with van der Waals surface area (Å²) in [6.45, 7) is 0. The predicted molar refractivity (Wildman–Crippen MR) is 57.1 cm³/mol. The number of nitrogens with one attached hydrogen (secondary N) is 2. The van der Waals surface area contributed by atoms with Crippen LogP contribution in [0, 0.1) is 0 Å². The summed E-state index contributed by atoms with van der Waals surface area (Å²) < 4.78 is 5.00. The maximum Gasteiger partial charge on any atom is 0.255 e. The van der Waals surface area contributed by atoms with E-state index in [-0.39, 0.29) is 5.91 Å². The van der Waals surface area contributed by atoms with Gasteiger partial charge in [0.25, 0.3) is 5.91 Å². The Morgan fingerprint density at radius 2 is 2.00 bits per heavy atom. The predicted octanol–water partition coefficient (Wildman–Crippen LogP) is -0.0544. The van der Waals surface area contributed by atoms with Crippen molar-refractivity contribution >= 4 is 5.91 Å². The zero-order chi connectivity index (χ0) is 11.3. The Morgan fingerprint density at radius 3 is 2.47 bits per heavy atom. The fourth-order valence-corrected chi connectivity index (χ4v) is 1.16. The summed E-state index contributed by atoms with van der Waals surface area (Å²) in [5.41, 5.74) is 11.4. The van der Waals surface area contributed by atoms with Gasteiger partial charge in [-0.05, 0) is 17.7 Å². The van der Waals surface area contributed by atoms with Crippen LogP contribution in [0.3, 0.4) is 0 Å². The topological polar surface area (TPSA) is 76.4 Å². The van der Waals surface area contributed by atoms with Crippen molar-refractivity contribution in [2.45, 2.75) is 6.04 Å². The van der Waals surface area contributed by atoms with Crippen molar-refractivity contribution in [1.82, 2.24) is 10.9 Å². The minimum Gasteiger partial charge on any atom is -0.497 e. The number of carbonyl (C=O) groups is 1. The number of ether oxygens (including phenoxy) is 1. The molecule has 0 aliphatic rings. The molecule has 0 spiro atoms. The highest BCUT2D eigenvalue weighted by Gasteiger charge is 2.14. The minimum atomic E-state index is -0.677. The first-order valence-corrected chi connectivity index (χ1v) is 4.55. The molecule has 5 nitrogen and oxygen atoms in total. The number of hydrazine groups is 1. The molecule has 1 aromatic rings. The molecule has 0 radical (unpaired) electrons. The summed E-state index contributed by atoms with van der Waals surface area (Å²) in [5.74, 6) is 0.461. The van der Waals surface area contributed by atoms with Crippen molar-refractivity contribution in [2.75, 3.05) is 14.2 Å². The average Bonchev–Trinajstić information content (AvgIpc) is 2.28. The molecule has 5 heteroatoms. The van der Waals surface area contributed by atoms with Crippen LogP contribution in [0.2, 0.25) is 0 Å².